The Morgan fingerprint density at radius 3 is 2.23 bits per heavy atom. The number of amides is 4. The summed E-state index contributed by atoms with van der Waals surface area (Å²) in [5.74, 6) is -1.77. The first-order valence-corrected chi connectivity index (χ1v) is 14.0. The van der Waals surface area contributed by atoms with Gasteiger partial charge in [0.25, 0.3) is 0 Å². The number of carbonyl (C=O) groups excluding carboxylic acids is 4. The maximum absolute atomic E-state index is 13.9. The maximum Gasteiger partial charge on any atom is 0.313 e. The van der Waals surface area contributed by atoms with Crippen LogP contribution < -0.4 is 16.0 Å². The van der Waals surface area contributed by atoms with Crippen molar-refractivity contribution in [2.75, 3.05) is 32.0 Å². The number of nitrogens with one attached hydrogen (secondary N) is 3. The lowest BCUT2D eigenvalue weighted by Crippen LogP contribution is -2.59. The van der Waals surface area contributed by atoms with Gasteiger partial charge in [-0.1, -0.05) is 69.3 Å². The summed E-state index contributed by atoms with van der Waals surface area (Å²) in [7, 11) is 1.70. The van der Waals surface area contributed by atoms with Gasteiger partial charge in [0.05, 0.1) is 6.04 Å². The number of likely N-dealkylation sites (N-methyl/N-ethyl adjacent to an activating group) is 1. The zero-order chi connectivity index (χ0) is 29.3. The fourth-order valence-electron chi connectivity index (χ4n) is 4.82. The number of nitrogens with zero attached hydrogens (tertiary/aromatic N) is 2. The molecule has 9 heteroatoms. The zero-order valence-electron chi connectivity index (χ0n) is 24.3. The van der Waals surface area contributed by atoms with Gasteiger partial charge in [0, 0.05) is 31.4 Å². The molecule has 0 bridgehead atoms. The first-order valence-electron chi connectivity index (χ1n) is 14.0. The van der Waals surface area contributed by atoms with Crippen LogP contribution in [0.1, 0.15) is 46.1 Å². The molecule has 0 spiro atoms. The molecule has 9 nitrogen and oxygen atoms in total. The number of anilines is 1. The average Bonchev–Trinajstić information content (AvgIpc) is 3.41. The minimum Gasteiger partial charge on any atom is -0.342 e. The number of likely N-dealkylation sites (tertiary alicyclic amines) is 1. The van der Waals surface area contributed by atoms with Gasteiger partial charge in [0.1, 0.15) is 6.04 Å². The molecule has 0 aromatic heterocycles. The molecule has 4 amide bonds. The van der Waals surface area contributed by atoms with Crippen molar-refractivity contribution in [2.24, 2.45) is 5.41 Å². The van der Waals surface area contributed by atoms with Crippen LogP contribution >= 0.6 is 0 Å². The highest BCUT2D eigenvalue weighted by Crippen LogP contribution is 2.26. The van der Waals surface area contributed by atoms with Gasteiger partial charge in [-0.3, -0.25) is 19.2 Å². The van der Waals surface area contributed by atoms with Crippen molar-refractivity contribution in [3.63, 3.8) is 0 Å². The number of hydrogen-bond acceptors (Lipinski definition) is 5. The van der Waals surface area contributed by atoms with Gasteiger partial charge in [-0.2, -0.15) is 0 Å². The van der Waals surface area contributed by atoms with Crippen molar-refractivity contribution in [3.8, 4) is 0 Å². The third-order valence-electron chi connectivity index (χ3n) is 7.34. The molecule has 40 heavy (non-hydrogen) atoms. The lowest BCUT2D eigenvalue weighted by molar-refractivity contribution is -0.145. The van der Waals surface area contributed by atoms with E-state index in [0.717, 1.165) is 12.0 Å². The van der Waals surface area contributed by atoms with E-state index in [1.165, 1.54) is 0 Å². The predicted molar refractivity (Wildman–Crippen MR) is 156 cm³/mol. The molecule has 0 aliphatic carbocycles. The second kappa shape index (κ2) is 14.1. The van der Waals surface area contributed by atoms with Gasteiger partial charge in [0.15, 0.2) is 0 Å². The van der Waals surface area contributed by atoms with Gasteiger partial charge in [0.2, 0.25) is 11.8 Å². The minimum absolute atomic E-state index is 0.171. The highest BCUT2D eigenvalue weighted by atomic mass is 16.2. The maximum atomic E-state index is 13.9. The van der Waals surface area contributed by atoms with E-state index in [4.69, 9.17) is 0 Å². The third kappa shape index (κ3) is 8.39. The van der Waals surface area contributed by atoms with Crippen LogP contribution in [0.25, 0.3) is 0 Å². The zero-order valence-corrected chi connectivity index (χ0v) is 24.3. The predicted octanol–water partition coefficient (Wildman–Crippen LogP) is 2.83. The number of hydrogen-bond donors (Lipinski definition) is 3. The lowest BCUT2D eigenvalue weighted by atomic mass is 9.85. The first kappa shape index (κ1) is 30.8. The van der Waals surface area contributed by atoms with Crippen molar-refractivity contribution in [2.45, 2.75) is 65.1 Å². The van der Waals surface area contributed by atoms with Crippen LogP contribution in [0.4, 0.5) is 5.69 Å². The van der Waals surface area contributed by atoms with Gasteiger partial charge < -0.3 is 25.8 Å². The van der Waals surface area contributed by atoms with Crippen molar-refractivity contribution in [1.82, 2.24) is 20.4 Å². The molecule has 1 saturated heterocycles. The topological polar surface area (TPSA) is 111 Å². The third-order valence-corrected chi connectivity index (χ3v) is 7.34. The van der Waals surface area contributed by atoms with Crippen LogP contribution in [-0.2, 0) is 25.6 Å². The normalized spacial score (nSPS) is 16.6. The van der Waals surface area contributed by atoms with Crippen molar-refractivity contribution < 1.29 is 19.2 Å². The molecule has 3 atom stereocenters. The molecular weight excluding hydrogens is 506 g/mol. The van der Waals surface area contributed by atoms with Crippen LogP contribution in [0, 0.1) is 5.41 Å². The lowest BCUT2D eigenvalue weighted by Gasteiger charge is -2.37. The van der Waals surface area contributed by atoms with Crippen LogP contribution in [0.5, 0.6) is 0 Å². The van der Waals surface area contributed by atoms with E-state index < -0.39 is 29.3 Å². The molecule has 3 rings (SSSR count). The molecule has 3 N–H and O–H groups in total. The number of benzene rings is 2. The largest absolute Gasteiger partial charge is 0.342 e. The van der Waals surface area contributed by atoms with Crippen LogP contribution in [0.2, 0.25) is 0 Å². The van der Waals surface area contributed by atoms with Crippen LogP contribution in [-0.4, -0.2) is 78.2 Å². The monoisotopic (exact) mass is 549 g/mol. The molecule has 216 valence electrons. The summed E-state index contributed by atoms with van der Waals surface area (Å²) in [6.45, 7) is 8.62. The van der Waals surface area contributed by atoms with E-state index in [9.17, 15) is 19.2 Å². The summed E-state index contributed by atoms with van der Waals surface area (Å²) < 4.78 is 0. The molecule has 1 aliphatic heterocycles. The summed E-state index contributed by atoms with van der Waals surface area (Å²) in [5, 5.41) is 8.54. The molecule has 1 unspecified atom stereocenters. The van der Waals surface area contributed by atoms with E-state index in [2.05, 4.69) is 16.0 Å². The minimum atomic E-state index is -0.730. The summed E-state index contributed by atoms with van der Waals surface area (Å²) in [5.41, 5.74) is 1.07. The molecule has 0 saturated carbocycles. The van der Waals surface area contributed by atoms with Crippen molar-refractivity contribution in [3.05, 3.63) is 66.2 Å². The second-order valence-electron chi connectivity index (χ2n) is 11.5. The Morgan fingerprint density at radius 1 is 1.00 bits per heavy atom. The molecule has 2 aromatic rings. The van der Waals surface area contributed by atoms with E-state index in [1.54, 1.807) is 48.0 Å². The highest BCUT2D eigenvalue weighted by Gasteiger charge is 2.41. The Morgan fingerprint density at radius 2 is 1.62 bits per heavy atom. The fourth-order valence-corrected chi connectivity index (χ4v) is 4.82. The van der Waals surface area contributed by atoms with Gasteiger partial charge in [-0.05, 0) is 56.3 Å². The summed E-state index contributed by atoms with van der Waals surface area (Å²) in [4.78, 5) is 56.3. The van der Waals surface area contributed by atoms with E-state index in [1.807, 2.05) is 57.2 Å². The molecule has 2 aromatic carbocycles. The van der Waals surface area contributed by atoms with Gasteiger partial charge >= 0.3 is 11.8 Å². The summed E-state index contributed by atoms with van der Waals surface area (Å²) in [6, 6.07) is 17.2. The molecule has 0 radical (unpaired) electrons. The quantitative estimate of drug-likeness (QED) is 0.395. The van der Waals surface area contributed by atoms with E-state index in [0.29, 0.717) is 31.6 Å². The van der Waals surface area contributed by atoms with Crippen LogP contribution in [0.15, 0.2) is 60.7 Å². The average molecular weight is 550 g/mol. The van der Waals surface area contributed by atoms with Crippen molar-refractivity contribution in [1.29, 1.82) is 0 Å². The Labute approximate surface area is 237 Å². The standard InChI is InChI=1S/C31H43N5O4/c1-22(32-5)27(37)34-26(31(2,3)4)29(39)36-19-12-17-25(36)21-35(20-18-23-13-8-6-9-14-23)30(40)28(38)33-24-15-10-7-11-16-24/h6-11,13-16,22,25-26,32H,12,17-21H2,1-5H3,(H,33,38)(H,34,37)/t22-,25-,26?/m0/s1. The van der Waals surface area contributed by atoms with Gasteiger partial charge in [-0.15, -0.1) is 0 Å². The molecule has 1 fully saturated rings. The molecular formula is C31H43N5O4. The van der Waals surface area contributed by atoms with E-state index >= 15 is 0 Å². The molecule has 1 heterocycles. The Hall–Kier alpha value is -3.72. The highest BCUT2D eigenvalue weighted by molar-refractivity contribution is 6.39. The summed E-state index contributed by atoms with van der Waals surface area (Å²) in [6.07, 6.45) is 2.07. The Balaban J connectivity index is 1.79. The van der Waals surface area contributed by atoms with Crippen LogP contribution in [0.3, 0.4) is 0 Å². The first-order chi connectivity index (χ1) is 19.0. The Kier molecular flexibility index (Phi) is 10.8. The second-order valence-corrected chi connectivity index (χ2v) is 11.5. The van der Waals surface area contributed by atoms with E-state index in [-0.39, 0.29) is 24.4 Å². The fraction of sp³-hybridized carbons (Fsp3) is 0.484. The summed E-state index contributed by atoms with van der Waals surface area (Å²) >= 11 is 0. The van der Waals surface area contributed by atoms with Gasteiger partial charge in [-0.25, -0.2) is 0 Å². The smallest absolute Gasteiger partial charge is 0.313 e. The number of para-hydroxylation sites is 1. The van der Waals surface area contributed by atoms with Crippen molar-refractivity contribution >= 4 is 29.3 Å². The SMILES string of the molecule is CN[C@@H](C)C(=O)NC(C(=O)N1CCC[C@H]1CN(CCc1ccccc1)C(=O)C(=O)Nc1ccccc1)C(C)(C)C. The molecule has 1 aliphatic rings. The number of carbonyl (C=O) groups is 4. The Bertz CT molecular complexity index is 1150. The number of rotatable bonds is 10.